The molecule has 0 spiro atoms. The highest BCUT2D eigenvalue weighted by atomic mass is 16.6. The van der Waals surface area contributed by atoms with E-state index < -0.39 is 0 Å². The van der Waals surface area contributed by atoms with Crippen molar-refractivity contribution in [2.45, 2.75) is 31.2 Å². The zero-order chi connectivity index (χ0) is 24.6. The summed E-state index contributed by atoms with van der Waals surface area (Å²) in [5.74, 6) is 1.91. The van der Waals surface area contributed by atoms with E-state index >= 15 is 0 Å². The minimum absolute atomic E-state index is 0.137. The predicted molar refractivity (Wildman–Crippen MR) is 135 cm³/mol. The fourth-order valence-corrected chi connectivity index (χ4v) is 4.63. The van der Waals surface area contributed by atoms with Crippen LogP contribution >= 0.6 is 0 Å². The largest absolute Gasteiger partial charge is 0.399 e. The van der Waals surface area contributed by atoms with Crippen molar-refractivity contribution >= 4 is 12.0 Å². The molecule has 0 saturated carbocycles. The number of likely N-dealkylation sites (N-methyl/N-ethyl adjacent to an activating group) is 1. The normalized spacial score (nSPS) is 22.0. The van der Waals surface area contributed by atoms with E-state index in [0.29, 0.717) is 11.5 Å². The molecule has 1 aromatic heterocycles. The Kier molecular flexibility index (Phi) is 8.39. The molecule has 35 heavy (non-hydrogen) atoms. The molecule has 3 heterocycles. The Balaban J connectivity index is 0.000000179. The third-order valence-corrected chi connectivity index (χ3v) is 6.50. The molecule has 8 nitrogen and oxygen atoms in total. The van der Waals surface area contributed by atoms with Crippen LogP contribution in [0.5, 0.6) is 0 Å². The number of likely N-dealkylation sites (tertiary alicyclic amines) is 2. The molecule has 8 heteroatoms. The third-order valence-electron chi connectivity index (χ3n) is 6.50. The first-order valence-corrected chi connectivity index (χ1v) is 12.0. The molecule has 2 atom stereocenters. The molecule has 0 radical (unpaired) electrons. The van der Waals surface area contributed by atoms with E-state index in [1.807, 2.05) is 49.5 Å². The molecule has 2 fully saturated rings. The van der Waals surface area contributed by atoms with Gasteiger partial charge in [-0.1, -0.05) is 64.9 Å². The summed E-state index contributed by atoms with van der Waals surface area (Å²) in [7, 11) is 5.77. The molecule has 2 aliphatic heterocycles. The number of carbonyl (C=O) groups is 1. The van der Waals surface area contributed by atoms with Gasteiger partial charge in [-0.2, -0.15) is 4.98 Å². The summed E-state index contributed by atoms with van der Waals surface area (Å²) < 4.78 is 5.52. The number of hydrogen-bond acceptors (Lipinski definition) is 8. The van der Waals surface area contributed by atoms with Crippen molar-refractivity contribution in [2.75, 3.05) is 40.8 Å². The molecule has 2 aromatic carbocycles. The lowest BCUT2D eigenvalue weighted by Crippen LogP contribution is -2.31. The van der Waals surface area contributed by atoms with Gasteiger partial charge < -0.3 is 14.3 Å². The van der Waals surface area contributed by atoms with Crippen LogP contribution in [-0.4, -0.2) is 72.8 Å². The standard InChI is InChI=1S/C14H23N5O2.C13H10O/c1-18-6-4-5-10(8-18)14-15-13(17-21-14)12-7-11(16-20-3)9-19(12)2;14-10-11-6-8-13(9-7-11)12-4-2-1-3-5-12/h10,12H,4-9H2,1-3H3;1-10H. The van der Waals surface area contributed by atoms with Crippen LogP contribution in [-0.2, 0) is 4.84 Å². The highest BCUT2D eigenvalue weighted by Gasteiger charge is 2.33. The maximum atomic E-state index is 10.5. The van der Waals surface area contributed by atoms with Crippen LogP contribution in [0.2, 0.25) is 0 Å². The summed E-state index contributed by atoms with van der Waals surface area (Å²) >= 11 is 0. The van der Waals surface area contributed by atoms with E-state index in [9.17, 15) is 4.79 Å². The fourth-order valence-electron chi connectivity index (χ4n) is 4.63. The molecular formula is C27H33N5O3. The van der Waals surface area contributed by atoms with E-state index in [0.717, 1.165) is 61.8 Å². The molecular weight excluding hydrogens is 442 g/mol. The lowest BCUT2D eigenvalue weighted by Gasteiger charge is -2.27. The van der Waals surface area contributed by atoms with Crippen LogP contribution in [0.25, 0.3) is 11.1 Å². The highest BCUT2D eigenvalue weighted by molar-refractivity contribution is 5.88. The van der Waals surface area contributed by atoms with E-state index in [-0.39, 0.29) is 6.04 Å². The number of aromatic nitrogens is 2. The van der Waals surface area contributed by atoms with Crippen LogP contribution in [0, 0.1) is 0 Å². The summed E-state index contributed by atoms with van der Waals surface area (Å²) in [6, 6.07) is 17.8. The SMILES string of the molecule is CON=C1CC(c2noc(C3CCCN(C)C3)n2)N(C)C1.O=Cc1ccc(-c2ccccc2)cc1. The first-order chi connectivity index (χ1) is 17.1. The number of rotatable bonds is 5. The Morgan fingerprint density at radius 1 is 1.09 bits per heavy atom. The van der Waals surface area contributed by atoms with E-state index in [1.54, 1.807) is 7.11 Å². The molecule has 184 valence electrons. The Morgan fingerprint density at radius 2 is 1.83 bits per heavy atom. The van der Waals surface area contributed by atoms with Gasteiger partial charge in [-0.15, -0.1) is 0 Å². The van der Waals surface area contributed by atoms with Crippen molar-refractivity contribution in [3.8, 4) is 11.1 Å². The van der Waals surface area contributed by atoms with Crippen LogP contribution in [0.4, 0.5) is 0 Å². The van der Waals surface area contributed by atoms with Gasteiger partial charge in [0.05, 0.1) is 17.7 Å². The van der Waals surface area contributed by atoms with Crippen molar-refractivity contribution in [3.63, 3.8) is 0 Å². The molecule has 2 saturated heterocycles. The van der Waals surface area contributed by atoms with Crippen molar-refractivity contribution < 1.29 is 14.2 Å². The van der Waals surface area contributed by atoms with Gasteiger partial charge in [0, 0.05) is 25.1 Å². The molecule has 2 unspecified atom stereocenters. The number of carbonyl (C=O) groups excluding carboxylic acids is 1. The van der Waals surface area contributed by atoms with Gasteiger partial charge in [-0.3, -0.25) is 9.69 Å². The Morgan fingerprint density at radius 3 is 2.51 bits per heavy atom. The van der Waals surface area contributed by atoms with Gasteiger partial charge in [0.25, 0.3) is 0 Å². The summed E-state index contributed by atoms with van der Waals surface area (Å²) in [5.41, 5.74) is 4.04. The average molecular weight is 476 g/mol. The molecule has 0 aliphatic carbocycles. The molecule has 5 rings (SSSR count). The summed E-state index contributed by atoms with van der Waals surface area (Å²) in [5, 5.41) is 8.24. The fraction of sp³-hybridized carbons (Fsp3) is 0.407. The number of nitrogens with zero attached hydrogens (tertiary/aromatic N) is 5. The van der Waals surface area contributed by atoms with Gasteiger partial charge in [-0.05, 0) is 44.6 Å². The molecule has 0 bridgehead atoms. The van der Waals surface area contributed by atoms with Crippen LogP contribution in [0.15, 0.2) is 64.3 Å². The predicted octanol–water partition coefficient (Wildman–Crippen LogP) is 4.42. The smallest absolute Gasteiger partial charge is 0.231 e. The van der Waals surface area contributed by atoms with Crippen molar-refractivity contribution in [2.24, 2.45) is 5.16 Å². The van der Waals surface area contributed by atoms with Gasteiger partial charge in [0.1, 0.15) is 13.4 Å². The monoisotopic (exact) mass is 475 g/mol. The number of benzene rings is 2. The van der Waals surface area contributed by atoms with Gasteiger partial charge >= 0.3 is 0 Å². The third kappa shape index (κ3) is 6.41. The van der Waals surface area contributed by atoms with Crippen molar-refractivity contribution in [1.29, 1.82) is 0 Å². The van der Waals surface area contributed by atoms with Gasteiger partial charge in [0.2, 0.25) is 5.89 Å². The van der Waals surface area contributed by atoms with Gasteiger partial charge in [-0.25, -0.2) is 0 Å². The summed E-state index contributed by atoms with van der Waals surface area (Å²) in [6.45, 7) is 2.94. The highest BCUT2D eigenvalue weighted by Crippen LogP contribution is 2.30. The second-order valence-corrected chi connectivity index (χ2v) is 9.17. The van der Waals surface area contributed by atoms with Crippen LogP contribution in [0.1, 0.15) is 53.3 Å². The zero-order valence-corrected chi connectivity index (χ0v) is 20.6. The van der Waals surface area contributed by atoms with Crippen LogP contribution in [0.3, 0.4) is 0 Å². The Hall–Kier alpha value is -3.36. The minimum Gasteiger partial charge on any atom is -0.399 e. The van der Waals surface area contributed by atoms with E-state index in [2.05, 4.69) is 44.3 Å². The van der Waals surface area contributed by atoms with E-state index in [4.69, 9.17) is 9.36 Å². The quantitative estimate of drug-likeness (QED) is 0.399. The minimum atomic E-state index is 0.137. The van der Waals surface area contributed by atoms with Crippen molar-refractivity contribution in [3.05, 3.63) is 71.9 Å². The Labute approximate surface area is 206 Å². The lowest BCUT2D eigenvalue weighted by molar-refractivity contribution is 0.112. The second kappa shape index (κ2) is 11.9. The average Bonchev–Trinajstić information content (AvgIpc) is 3.52. The second-order valence-electron chi connectivity index (χ2n) is 9.17. The van der Waals surface area contributed by atoms with E-state index in [1.165, 1.54) is 12.0 Å². The molecule has 0 amide bonds. The number of piperidine rings is 1. The topological polar surface area (TPSA) is 84.1 Å². The maximum Gasteiger partial charge on any atom is 0.231 e. The van der Waals surface area contributed by atoms with Crippen molar-refractivity contribution in [1.82, 2.24) is 19.9 Å². The maximum absolute atomic E-state index is 10.5. The molecule has 2 aliphatic rings. The number of aldehydes is 1. The first kappa shape index (κ1) is 24.8. The zero-order valence-electron chi connectivity index (χ0n) is 20.6. The first-order valence-electron chi connectivity index (χ1n) is 12.0. The Bertz CT molecular complexity index is 1110. The number of oxime groups is 1. The lowest BCUT2D eigenvalue weighted by atomic mass is 9.98. The van der Waals surface area contributed by atoms with Crippen LogP contribution < -0.4 is 0 Å². The number of hydrogen-bond donors (Lipinski definition) is 0. The summed E-state index contributed by atoms with van der Waals surface area (Å²) in [6.07, 6.45) is 3.97. The molecule has 0 N–H and O–H groups in total. The van der Waals surface area contributed by atoms with Gasteiger partial charge in [0.15, 0.2) is 5.82 Å². The summed E-state index contributed by atoms with van der Waals surface area (Å²) in [4.78, 5) is 24.5. The molecule has 3 aromatic rings.